The lowest BCUT2D eigenvalue weighted by atomic mass is 10.1. The molecule has 156 valence electrons. The predicted octanol–water partition coefficient (Wildman–Crippen LogP) is 4.24. The topological polar surface area (TPSA) is 27.7 Å². The van der Waals surface area contributed by atoms with Crippen LogP contribution in [0.5, 0.6) is 11.5 Å². The van der Waals surface area contributed by atoms with E-state index < -0.39 is 0 Å². The molecule has 0 spiro atoms. The van der Waals surface area contributed by atoms with Crippen molar-refractivity contribution in [1.29, 1.82) is 0 Å². The molecule has 1 aliphatic heterocycles. The minimum absolute atomic E-state index is 0.812. The molecule has 0 amide bonds. The van der Waals surface area contributed by atoms with Crippen LogP contribution in [-0.2, 0) is 13.0 Å². The minimum atomic E-state index is 0.812. The van der Waals surface area contributed by atoms with Gasteiger partial charge in [-0.05, 0) is 68.5 Å². The number of nitrogens with one attached hydrogen (secondary N) is 1. The molecule has 0 atom stereocenters. The van der Waals surface area contributed by atoms with Gasteiger partial charge in [0.05, 0.1) is 0 Å². The first-order valence-electron chi connectivity index (χ1n) is 10.8. The van der Waals surface area contributed by atoms with Crippen LogP contribution in [0.25, 0.3) is 0 Å². The van der Waals surface area contributed by atoms with E-state index in [2.05, 4.69) is 51.7 Å². The van der Waals surface area contributed by atoms with Gasteiger partial charge in [0.15, 0.2) is 0 Å². The van der Waals surface area contributed by atoms with Crippen molar-refractivity contribution >= 4 is 11.8 Å². The summed E-state index contributed by atoms with van der Waals surface area (Å²) >= 11 is 1.75. The first kappa shape index (κ1) is 20.7. The number of hydrogen-bond donors (Lipinski definition) is 1. The SMILES string of the molecule is CNCc1cc(CCN2CCN(C3CC3)CC2)ccc1Oc1ccc(SC)cc1. The summed E-state index contributed by atoms with van der Waals surface area (Å²) in [6.45, 7) is 6.88. The molecule has 0 aromatic heterocycles. The molecule has 4 rings (SSSR count). The van der Waals surface area contributed by atoms with Crippen LogP contribution in [0.1, 0.15) is 24.0 Å². The van der Waals surface area contributed by atoms with Crippen LogP contribution in [0.15, 0.2) is 47.4 Å². The Morgan fingerprint density at radius 2 is 1.79 bits per heavy atom. The molecule has 1 aliphatic carbocycles. The number of hydrogen-bond acceptors (Lipinski definition) is 5. The first-order valence-corrected chi connectivity index (χ1v) is 12.0. The van der Waals surface area contributed by atoms with Crippen LogP contribution in [0.3, 0.4) is 0 Å². The zero-order valence-corrected chi connectivity index (χ0v) is 18.5. The minimum Gasteiger partial charge on any atom is -0.457 e. The Morgan fingerprint density at radius 3 is 2.45 bits per heavy atom. The van der Waals surface area contributed by atoms with Gasteiger partial charge in [-0.3, -0.25) is 4.90 Å². The summed E-state index contributed by atoms with van der Waals surface area (Å²) < 4.78 is 6.19. The molecular formula is C24H33N3OS. The largest absolute Gasteiger partial charge is 0.457 e. The van der Waals surface area contributed by atoms with Crippen LogP contribution in [0, 0.1) is 0 Å². The van der Waals surface area contributed by atoms with Crippen molar-refractivity contribution in [2.45, 2.75) is 36.7 Å². The molecule has 4 nitrogen and oxygen atoms in total. The van der Waals surface area contributed by atoms with E-state index in [9.17, 15) is 0 Å². The molecule has 2 fully saturated rings. The van der Waals surface area contributed by atoms with E-state index in [1.807, 2.05) is 19.2 Å². The van der Waals surface area contributed by atoms with Crippen molar-refractivity contribution in [1.82, 2.24) is 15.1 Å². The maximum atomic E-state index is 6.19. The van der Waals surface area contributed by atoms with Gasteiger partial charge in [-0.15, -0.1) is 11.8 Å². The Balaban J connectivity index is 1.34. The number of benzene rings is 2. The van der Waals surface area contributed by atoms with Crippen molar-refractivity contribution < 1.29 is 4.74 Å². The third-order valence-corrected chi connectivity index (χ3v) is 6.71. The molecule has 5 heteroatoms. The highest BCUT2D eigenvalue weighted by atomic mass is 32.2. The normalized spacial score (nSPS) is 18.1. The molecule has 1 N–H and O–H groups in total. The third-order valence-electron chi connectivity index (χ3n) is 5.97. The number of ether oxygens (including phenoxy) is 1. The molecular weight excluding hydrogens is 378 g/mol. The lowest BCUT2D eigenvalue weighted by molar-refractivity contribution is 0.127. The zero-order valence-electron chi connectivity index (χ0n) is 17.7. The average molecular weight is 412 g/mol. The fourth-order valence-corrected chi connectivity index (χ4v) is 4.47. The lowest BCUT2D eigenvalue weighted by Gasteiger charge is -2.34. The molecule has 2 aromatic carbocycles. The zero-order chi connectivity index (χ0) is 20.1. The molecule has 0 unspecified atom stereocenters. The highest BCUT2D eigenvalue weighted by Gasteiger charge is 2.30. The van der Waals surface area contributed by atoms with E-state index in [-0.39, 0.29) is 0 Å². The first-order chi connectivity index (χ1) is 14.2. The van der Waals surface area contributed by atoms with Crippen LogP contribution >= 0.6 is 11.8 Å². The van der Waals surface area contributed by atoms with Crippen LogP contribution < -0.4 is 10.1 Å². The Hall–Kier alpha value is -1.53. The highest BCUT2D eigenvalue weighted by molar-refractivity contribution is 7.98. The predicted molar refractivity (Wildman–Crippen MR) is 122 cm³/mol. The summed E-state index contributed by atoms with van der Waals surface area (Å²) in [7, 11) is 1.99. The van der Waals surface area contributed by atoms with Crippen LogP contribution in [-0.4, -0.2) is 61.9 Å². The highest BCUT2D eigenvalue weighted by Crippen LogP contribution is 2.29. The van der Waals surface area contributed by atoms with Crippen molar-refractivity contribution in [2.24, 2.45) is 0 Å². The van der Waals surface area contributed by atoms with Crippen LogP contribution in [0.4, 0.5) is 0 Å². The molecule has 1 heterocycles. The molecule has 2 aliphatic rings. The summed E-state index contributed by atoms with van der Waals surface area (Å²) in [6, 6.07) is 15.9. The number of piperazine rings is 1. The molecule has 0 bridgehead atoms. The fourth-order valence-electron chi connectivity index (χ4n) is 4.07. The number of nitrogens with zero attached hydrogens (tertiary/aromatic N) is 2. The van der Waals surface area contributed by atoms with Crippen molar-refractivity contribution in [3.05, 3.63) is 53.6 Å². The van der Waals surface area contributed by atoms with E-state index in [1.54, 1.807) is 11.8 Å². The van der Waals surface area contributed by atoms with Crippen molar-refractivity contribution in [2.75, 3.05) is 46.0 Å². The lowest BCUT2D eigenvalue weighted by Crippen LogP contribution is -2.47. The second-order valence-electron chi connectivity index (χ2n) is 8.11. The summed E-state index contributed by atoms with van der Waals surface area (Å²) in [6.07, 6.45) is 6.03. The average Bonchev–Trinajstić information content (AvgIpc) is 3.60. The van der Waals surface area contributed by atoms with Gasteiger partial charge in [-0.1, -0.05) is 12.1 Å². The number of thioether (sulfide) groups is 1. The summed E-state index contributed by atoms with van der Waals surface area (Å²) in [5.41, 5.74) is 2.61. The van der Waals surface area contributed by atoms with E-state index in [4.69, 9.17) is 4.74 Å². The maximum Gasteiger partial charge on any atom is 0.131 e. The van der Waals surface area contributed by atoms with E-state index >= 15 is 0 Å². The van der Waals surface area contributed by atoms with Gasteiger partial charge in [-0.25, -0.2) is 0 Å². The second kappa shape index (κ2) is 9.98. The standard InChI is InChI=1S/C24H33N3OS/c1-25-18-20-17-19(11-12-26-13-15-27(16-14-26)21-4-5-21)3-10-24(20)28-22-6-8-23(29-2)9-7-22/h3,6-10,17,21,25H,4-5,11-16,18H2,1-2H3. The van der Waals surface area contributed by atoms with Gasteiger partial charge < -0.3 is 15.0 Å². The Labute approximate surface area is 179 Å². The molecule has 0 radical (unpaired) electrons. The monoisotopic (exact) mass is 411 g/mol. The van der Waals surface area contributed by atoms with Gasteiger partial charge in [0.1, 0.15) is 11.5 Å². The third kappa shape index (κ3) is 5.76. The number of rotatable bonds is 9. The quantitative estimate of drug-likeness (QED) is 0.623. The molecule has 2 aromatic rings. The Kier molecular flexibility index (Phi) is 7.14. The summed E-state index contributed by atoms with van der Waals surface area (Å²) in [5, 5.41) is 3.28. The van der Waals surface area contributed by atoms with Crippen molar-refractivity contribution in [3.8, 4) is 11.5 Å². The molecule has 1 saturated heterocycles. The second-order valence-corrected chi connectivity index (χ2v) is 8.99. The molecule has 29 heavy (non-hydrogen) atoms. The smallest absolute Gasteiger partial charge is 0.131 e. The Morgan fingerprint density at radius 1 is 1.03 bits per heavy atom. The van der Waals surface area contributed by atoms with E-state index in [0.717, 1.165) is 37.1 Å². The van der Waals surface area contributed by atoms with Crippen LogP contribution in [0.2, 0.25) is 0 Å². The van der Waals surface area contributed by atoms with Gasteiger partial charge in [0.2, 0.25) is 0 Å². The van der Waals surface area contributed by atoms with Gasteiger partial charge >= 0.3 is 0 Å². The maximum absolute atomic E-state index is 6.19. The van der Waals surface area contributed by atoms with Gasteiger partial charge in [0.25, 0.3) is 0 Å². The summed E-state index contributed by atoms with van der Waals surface area (Å²) in [5.74, 6) is 1.83. The van der Waals surface area contributed by atoms with E-state index in [0.29, 0.717) is 0 Å². The Bertz CT molecular complexity index is 783. The van der Waals surface area contributed by atoms with Crippen molar-refractivity contribution in [3.63, 3.8) is 0 Å². The summed E-state index contributed by atoms with van der Waals surface area (Å²) in [4.78, 5) is 6.55. The molecule has 1 saturated carbocycles. The van der Waals surface area contributed by atoms with Gasteiger partial charge in [-0.2, -0.15) is 0 Å². The fraction of sp³-hybridized carbons (Fsp3) is 0.500. The van der Waals surface area contributed by atoms with Gasteiger partial charge in [0, 0.05) is 55.8 Å². The van der Waals surface area contributed by atoms with E-state index in [1.165, 1.54) is 55.0 Å².